The molecule has 1 saturated heterocycles. The first-order valence-electron chi connectivity index (χ1n) is 5.74. The molecule has 5 nitrogen and oxygen atoms in total. The first kappa shape index (κ1) is 13.0. The summed E-state index contributed by atoms with van der Waals surface area (Å²) in [6.45, 7) is 3.22. The Labute approximate surface area is 95.8 Å². The van der Waals surface area contributed by atoms with Crippen molar-refractivity contribution in [2.75, 3.05) is 20.1 Å². The molecule has 16 heavy (non-hydrogen) atoms. The van der Waals surface area contributed by atoms with Gasteiger partial charge in [-0.1, -0.05) is 0 Å². The lowest BCUT2D eigenvalue weighted by Crippen LogP contribution is -2.37. The van der Waals surface area contributed by atoms with Crippen molar-refractivity contribution in [2.45, 2.75) is 32.2 Å². The third kappa shape index (κ3) is 2.95. The lowest BCUT2D eigenvalue weighted by molar-refractivity contribution is -0.143. The van der Waals surface area contributed by atoms with Crippen molar-refractivity contribution in [3.63, 3.8) is 0 Å². The zero-order valence-electron chi connectivity index (χ0n) is 9.90. The van der Waals surface area contributed by atoms with Gasteiger partial charge in [-0.05, 0) is 33.4 Å². The molecule has 0 saturated carbocycles. The van der Waals surface area contributed by atoms with Gasteiger partial charge in [0.25, 0.3) is 0 Å². The number of rotatable bonds is 5. The van der Waals surface area contributed by atoms with Gasteiger partial charge < -0.3 is 15.3 Å². The molecule has 1 aliphatic heterocycles. The number of carboxylic acid groups (broad SMARTS) is 1. The molecule has 92 valence electrons. The molecule has 1 aliphatic rings. The SMILES string of the molecule is CNCCCC(=O)N1CCC(C(=O)O)C1C. The highest BCUT2D eigenvalue weighted by Gasteiger charge is 2.37. The number of amides is 1. The number of nitrogens with zero attached hydrogens (tertiary/aromatic N) is 1. The third-order valence-electron chi connectivity index (χ3n) is 3.21. The molecular formula is C11H20N2O3. The number of carbonyl (C=O) groups is 2. The molecule has 2 unspecified atom stereocenters. The molecule has 2 atom stereocenters. The highest BCUT2D eigenvalue weighted by atomic mass is 16.4. The fraction of sp³-hybridized carbons (Fsp3) is 0.818. The van der Waals surface area contributed by atoms with Gasteiger partial charge >= 0.3 is 5.97 Å². The standard InChI is InChI=1S/C11H20N2O3/c1-8-9(11(15)16)5-7-13(8)10(14)4-3-6-12-2/h8-9,12H,3-7H2,1-2H3,(H,15,16). The van der Waals surface area contributed by atoms with Gasteiger partial charge in [-0.3, -0.25) is 9.59 Å². The van der Waals surface area contributed by atoms with Crippen LogP contribution in [0.3, 0.4) is 0 Å². The van der Waals surface area contributed by atoms with E-state index in [0.717, 1.165) is 13.0 Å². The summed E-state index contributed by atoms with van der Waals surface area (Å²) in [5, 5.41) is 11.9. The van der Waals surface area contributed by atoms with Crippen molar-refractivity contribution in [1.82, 2.24) is 10.2 Å². The first-order valence-corrected chi connectivity index (χ1v) is 5.74. The fourth-order valence-electron chi connectivity index (χ4n) is 2.18. The van der Waals surface area contributed by atoms with Gasteiger partial charge in [0.15, 0.2) is 0 Å². The van der Waals surface area contributed by atoms with E-state index in [2.05, 4.69) is 5.32 Å². The Bertz CT molecular complexity index is 268. The van der Waals surface area contributed by atoms with Crippen molar-refractivity contribution in [2.24, 2.45) is 5.92 Å². The fourth-order valence-corrected chi connectivity index (χ4v) is 2.18. The normalized spacial score (nSPS) is 24.8. The predicted molar refractivity (Wildman–Crippen MR) is 60.1 cm³/mol. The molecule has 1 heterocycles. The Morgan fingerprint density at radius 2 is 2.19 bits per heavy atom. The number of nitrogens with one attached hydrogen (secondary N) is 1. The summed E-state index contributed by atoms with van der Waals surface area (Å²) in [5.41, 5.74) is 0. The monoisotopic (exact) mass is 228 g/mol. The Hall–Kier alpha value is -1.10. The highest BCUT2D eigenvalue weighted by Crippen LogP contribution is 2.24. The quantitative estimate of drug-likeness (QED) is 0.664. The smallest absolute Gasteiger partial charge is 0.308 e. The van der Waals surface area contributed by atoms with Crippen LogP contribution in [0.5, 0.6) is 0 Å². The van der Waals surface area contributed by atoms with Gasteiger partial charge in [0, 0.05) is 19.0 Å². The average molecular weight is 228 g/mol. The Morgan fingerprint density at radius 3 is 2.69 bits per heavy atom. The van der Waals surface area contributed by atoms with E-state index in [9.17, 15) is 9.59 Å². The number of carboxylic acids is 1. The maximum atomic E-state index is 11.8. The van der Waals surface area contributed by atoms with Crippen molar-refractivity contribution in [1.29, 1.82) is 0 Å². The molecule has 0 aromatic rings. The molecule has 0 aromatic heterocycles. The minimum Gasteiger partial charge on any atom is -0.481 e. The largest absolute Gasteiger partial charge is 0.481 e. The molecule has 1 rings (SSSR count). The third-order valence-corrected chi connectivity index (χ3v) is 3.21. The zero-order chi connectivity index (χ0) is 12.1. The van der Waals surface area contributed by atoms with Crippen LogP contribution in [-0.4, -0.2) is 48.1 Å². The molecule has 0 aliphatic carbocycles. The maximum Gasteiger partial charge on any atom is 0.308 e. The second kappa shape index (κ2) is 5.84. The molecule has 0 spiro atoms. The molecule has 5 heteroatoms. The van der Waals surface area contributed by atoms with Crippen LogP contribution in [0.2, 0.25) is 0 Å². The van der Waals surface area contributed by atoms with E-state index in [1.165, 1.54) is 0 Å². The average Bonchev–Trinajstić information content (AvgIpc) is 2.60. The lowest BCUT2D eigenvalue weighted by Gasteiger charge is -2.23. The number of hydrogen-bond acceptors (Lipinski definition) is 3. The minimum atomic E-state index is -0.793. The Morgan fingerprint density at radius 1 is 1.50 bits per heavy atom. The molecule has 0 bridgehead atoms. The highest BCUT2D eigenvalue weighted by molar-refractivity contribution is 5.79. The number of likely N-dealkylation sites (tertiary alicyclic amines) is 1. The van der Waals surface area contributed by atoms with Crippen LogP contribution >= 0.6 is 0 Å². The van der Waals surface area contributed by atoms with Crippen LogP contribution < -0.4 is 5.32 Å². The van der Waals surface area contributed by atoms with Crippen LogP contribution in [-0.2, 0) is 9.59 Å². The summed E-state index contributed by atoms with van der Waals surface area (Å²) >= 11 is 0. The summed E-state index contributed by atoms with van der Waals surface area (Å²) in [4.78, 5) is 24.4. The lowest BCUT2D eigenvalue weighted by atomic mass is 10.0. The second-order valence-corrected chi connectivity index (χ2v) is 4.27. The summed E-state index contributed by atoms with van der Waals surface area (Å²) in [5.74, 6) is -1.11. The van der Waals surface area contributed by atoms with Crippen molar-refractivity contribution in [3.8, 4) is 0 Å². The first-order chi connectivity index (χ1) is 7.57. The molecule has 0 radical (unpaired) electrons. The maximum absolute atomic E-state index is 11.8. The van der Waals surface area contributed by atoms with Gasteiger partial charge in [0.1, 0.15) is 0 Å². The molecular weight excluding hydrogens is 208 g/mol. The van der Waals surface area contributed by atoms with E-state index in [0.29, 0.717) is 19.4 Å². The molecule has 1 amide bonds. The van der Waals surface area contributed by atoms with E-state index in [-0.39, 0.29) is 11.9 Å². The number of aliphatic carboxylic acids is 1. The second-order valence-electron chi connectivity index (χ2n) is 4.27. The van der Waals surface area contributed by atoms with Crippen LogP contribution in [0.25, 0.3) is 0 Å². The number of carbonyl (C=O) groups excluding carboxylic acids is 1. The van der Waals surface area contributed by atoms with Crippen molar-refractivity contribution >= 4 is 11.9 Å². The summed E-state index contributed by atoms with van der Waals surface area (Å²) < 4.78 is 0. The molecule has 0 aromatic carbocycles. The van der Waals surface area contributed by atoms with Crippen LogP contribution in [0.15, 0.2) is 0 Å². The van der Waals surface area contributed by atoms with E-state index in [1.807, 2.05) is 14.0 Å². The Kier molecular flexibility index (Phi) is 4.73. The van der Waals surface area contributed by atoms with Gasteiger partial charge in [-0.2, -0.15) is 0 Å². The van der Waals surface area contributed by atoms with Gasteiger partial charge in [-0.15, -0.1) is 0 Å². The zero-order valence-corrected chi connectivity index (χ0v) is 9.90. The van der Waals surface area contributed by atoms with Crippen LogP contribution in [0.4, 0.5) is 0 Å². The molecule has 1 fully saturated rings. The van der Waals surface area contributed by atoms with E-state index in [4.69, 9.17) is 5.11 Å². The van der Waals surface area contributed by atoms with Crippen molar-refractivity contribution in [3.05, 3.63) is 0 Å². The van der Waals surface area contributed by atoms with E-state index in [1.54, 1.807) is 4.90 Å². The summed E-state index contributed by atoms with van der Waals surface area (Å²) in [7, 11) is 1.85. The van der Waals surface area contributed by atoms with Gasteiger partial charge in [0.2, 0.25) is 5.91 Å². The predicted octanol–water partition coefficient (Wildman–Crippen LogP) is 0.308. The van der Waals surface area contributed by atoms with Crippen LogP contribution in [0, 0.1) is 5.92 Å². The Balaban J connectivity index is 2.43. The van der Waals surface area contributed by atoms with Crippen molar-refractivity contribution < 1.29 is 14.7 Å². The van der Waals surface area contributed by atoms with E-state index >= 15 is 0 Å². The number of hydrogen-bond donors (Lipinski definition) is 2. The minimum absolute atomic E-state index is 0.0755. The molecule has 2 N–H and O–H groups in total. The van der Waals surface area contributed by atoms with E-state index < -0.39 is 11.9 Å². The van der Waals surface area contributed by atoms with Gasteiger partial charge in [-0.25, -0.2) is 0 Å². The topological polar surface area (TPSA) is 69.6 Å². The summed E-state index contributed by atoms with van der Waals surface area (Å²) in [6, 6.07) is -0.167. The van der Waals surface area contributed by atoms with Gasteiger partial charge in [0.05, 0.1) is 5.92 Å². The van der Waals surface area contributed by atoms with Crippen LogP contribution in [0.1, 0.15) is 26.2 Å². The summed E-state index contributed by atoms with van der Waals surface area (Å²) in [6.07, 6.45) is 1.88.